The van der Waals surface area contributed by atoms with E-state index >= 15 is 0 Å². The summed E-state index contributed by atoms with van der Waals surface area (Å²) in [6.07, 6.45) is 1.13. The molecule has 1 aliphatic rings. The summed E-state index contributed by atoms with van der Waals surface area (Å²) in [5.41, 5.74) is -0.440. The van der Waals surface area contributed by atoms with Gasteiger partial charge in [-0.3, -0.25) is 25.0 Å². The van der Waals surface area contributed by atoms with E-state index in [1.807, 2.05) is 0 Å². The number of urea groups is 1. The molecule has 1 N–H and O–H groups in total. The minimum absolute atomic E-state index is 0.0508. The third kappa shape index (κ3) is 3.87. The number of carbonyl (C=O) groups excluding carboxylic acids is 3. The molecule has 1 saturated heterocycles. The highest BCUT2D eigenvalue weighted by Gasteiger charge is 2.37. The third-order valence-electron chi connectivity index (χ3n) is 4.21. The van der Waals surface area contributed by atoms with Crippen LogP contribution in [0.3, 0.4) is 0 Å². The maximum atomic E-state index is 12.9. The van der Waals surface area contributed by atoms with Crippen molar-refractivity contribution in [2.24, 2.45) is 0 Å². The van der Waals surface area contributed by atoms with Crippen molar-refractivity contribution in [3.63, 3.8) is 0 Å². The molecule has 1 aliphatic heterocycles. The van der Waals surface area contributed by atoms with Crippen LogP contribution < -0.4 is 19.7 Å². The Morgan fingerprint density at radius 1 is 1.07 bits per heavy atom. The van der Waals surface area contributed by atoms with Gasteiger partial charge in [0, 0.05) is 22.2 Å². The number of benzene rings is 2. The Bertz CT molecular complexity index is 1100. The van der Waals surface area contributed by atoms with Gasteiger partial charge in [0.05, 0.1) is 24.8 Å². The van der Waals surface area contributed by atoms with Crippen molar-refractivity contribution < 1.29 is 28.8 Å². The molecule has 11 heteroatoms. The van der Waals surface area contributed by atoms with E-state index < -0.39 is 28.3 Å². The molecular formula is C19H14BrN3O7. The van der Waals surface area contributed by atoms with Crippen LogP contribution in [0.25, 0.3) is 6.08 Å². The lowest BCUT2D eigenvalue weighted by atomic mass is 10.0. The summed E-state index contributed by atoms with van der Waals surface area (Å²) in [5, 5.41) is 13.4. The van der Waals surface area contributed by atoms with Crippen molar-refractivity contribution in [2.45, 2.75) is 0 Å². The number of imide groups is 2. The summed E-state index contributed by atoms with van der Waals surface area (Å²) in [6, 6.07) is 7.79. The summed E-state index contributed by atoms with van der Waals surface area (Å²) in [7, 11) is 2.59. The predicted octanol–water partition coefficient (Wildman–Crippen LogP) is 3.04. The van der Waals surface area contributed by atoms with Crippen molar-refractivity contribution in [2.75, 3.05) is 19.1 Å². The first-order valence-corrected chi connectivity index (χ1v) is 9.13. The first-order chi connectivity index (χ1) is 14.3. The molecule has 0 saturated carbocycles. The van der Waals surface area contributed by atoms with Crippen LogP contribution in [-0.4, -0.2) is 37.0 Å². The van der Waals surface area contributed by atoms with Crippen molar-refractivity contribution in [1.29, 1.82) is 0 Å². The normalized spacial score (nSPS) is 15.2. The van der Waals surface area contributed by atoms with Crippen LogP contribution >= 0.6 is 15.9 Å². The predicted molar refractivity (Wildman–Crippen MR) is 109 cm³/mol. The fraction of sp³-hybridized carbons (Fsp3) is 0.105. The Kier molecular flexibility index (Phi) is 5.83. The SMILES string of the molecule is COc1cc(OC)c([N+](=O)[O-])cc1/C=C1\C(=O)NC(=O)N(c2ccc(Br)cc2)C1=O. The smallest absolute Gasteiger partial charge is 0.335 e. The first-order valence-electron chi connectivity index (χ1n) is 8.34. The Hall–Kier alpha value is -3.73. The second kappa shape index (κ2) is 8.33. The van der Waals surface area contributed by atoms with Crippen LogP contribution in [0, 0.1) is 10.1 Å². The van der Waals surface area contributed by atoms with E-state index in [9.17, 15) is 24.5 Å². The zero-order valence-electron chi connectivity index (χ0n) is 15.7. The van der Waals surface area contributed by atoms with Crippen LogP contribution in [0.5, 0.6) is 11.5 Å². The zero-order chi connectivity index (χ0) is 22.0. The lowest BCUT2D eigenvalue weighted by molar-refractivity contribution is -0.385. The quantitative estimate of drug-likeness (QED) is 0.304. The molecule has 4 amide bonds. The van der Waals surface area contributed by atoms with Crippen molar-refractivity contribution in [3.05, 3.63) is 62.1 Å². The van der Waals surface area contributed by atoms with Gasteiger partial charge in [-0.25, -0.2) is 9.69 Å². The number of amides is 4. The van der Waals surface area contributed by atoms with E-state index in [1.54, 1.807) is 12.1 Å². The average molecular weight is 476 g/mol. The number of rotatable bonds is 5. The maximum absolute atomic E-state index is 12.9. The van der Waals surface area contributed by atoms with Gasteiger partial charge in [-0.05, 0) is 30.3 Å². The second-order valence-electron chi connectivity index (χ2n) is 5.96. The molecule has 0 unspecified atom stereocenters. The van der Waals surface area contributed by atoms with Crippen molar-refractivity contribution in [1.82, 2.24) is 5.32 Å². The summed E-state index contributed by atoms with van der Waals surface area (Å²) >= 11 is 3.26. The fourth-order valence-electron chi connectivity index (χ4n) is 2.80. The van der Waals surface area contributed by atoms with Gasteiger partial charge in [0.1, 0.15) is 11.3 Å². The summed E-state index contributed by atoms with van der Waals surface area (Å²) in [5.74, 6) is -1.73. The molecule has 30 heavy (non-hydrogen) atoms. The van der Waals surface area contributed by atoms with E-state index in [1.165, 1.54) is 32.4 Å². The van der Waals surface area contributed by atoms with Gasteiger partial charge in [0.2, 0.25) is 5.75 Å². The van der Waals surface area contributed by atoms with Gasteiger partial charge in [-0.15, -0.1) is 0 Å². The van der Waals surface area contributed by atoms with Gasteiger partial charge < -0.3 is 9.47 Å². The molecule has 0 radical (unpaired) electrons. The molecule has 0 spiro atoms. The molecule has 154 valence electrons. The van der Waals surface area contributed by atoms with Crippen LogP contribution in [-0.2, 0) is 9.59 Å². The number of nitrogens with one attached hydrogen (secondary N) is 1. The lowest BCUT2D eigenvalue weighted by Gasteiger charge is -2.26. The van der Waals surface area contributed by atoms with E-state index in [2.05, 4.69) is 21.2 Å². The highest BCUT2D eigenvalue weighted by atomic mass is 79.9. The molecule has 3 rings (SSSR count). The molecule has 0 bridgehead atoms. The van der Waals surface area contributed by atoms with Gasteiger partial charge >= 0.3 is 11.7 Å². The number of nitrogens with zero attached hydrogens (tertiary/aromatic N) is 2. The van der Waals surface area contributed by atoms with Gasteiger partial charge in [0.15, 0.2) is 0 Å². The van der Waals surface area contributed by atoms with E-state index in [0.29, 0.717) is 0 Å². The second-order valence-corrected chi connectivity index (χ2v) is 6.87. The number of hydrogen-bond donors (Lipinski definition) is 1. The number of halogens is 1. The van der Waals surface area contributed by atoms with E-state index in [4.69, 9.17) is 9.47 Å². The number of carbonyl (C=O) groups is 3. The minimum Gasteiger partial charge on any atom is -0.496 e. The number of ether oxygens (including phenoxy) is 2. The molecular weight excluding hydrogens is 462 g/mol. The standard InChI is InChI=1S/C19H14BrN3O7/c1-29-15-9-16(30-2)14(23(27)28)8-10(15)7-13-17(24)21-19(26)22(18(13)25)12-5-3-11(20)4-6-12/h3-9H,1-2H3,(H,21,24,26)/b13-7+. The largest absolute Gasteiger partial charge is 0.496 e. The number of hydrogen-bond acceptors (Lipinski definition) is 7. The van der Waals surface area contributed by atoms with Crippen molar-refractivity contribution in [3.8, 4) is 11.5 Å². The minimum atomic E-state index is -0.932. The van der Waals surface area contributed by atoms with Gasteiger partial charge in [-0.2, -0.15) is 0 Å². The van der Waals surface area contributed by atoms with E-state index in [-0.39, 0.29) is 28.4 Å². The Morgan fingerprint density at radius 2 is 1.70 bits per heavy atom. The molecule has 0 aromatic heterocycles. The van der Waals surface area contributed by atoms with Gasteiger partial charge in [0.25, 0.3) is 11.8 Å². The molecule has 2 aromatic carbocycles. The molecule has 0 atom stereocenters. The number of nitro groups is 1. The molecule has 0 aliphatic carbocycles. The van der Waals surface area contributed by atoms with Crippen LogP contribution in [0.2, 0.25) is 0 Å². The summed E-state index contributed by atoms with van der Waals surface area (Å²) in [4.78, 5) is 49.0. The average Bonchev–Trinajstić information content (AvgIpc) is 2.71. The number of anilines is 1. The zero-order valence-corrected chi connectivity index (χ0v) is 17.3. The third-order valence-corrected chi connectivity index (χ3v) is 4.74. The monoisotopic (exact) mass is 475 g/mol. The fourth-order valence-corrected chi connectivity index (χ4v) is 3.06. The number of methoxy groups -OCH3 is 2. The first kappa shape index (κ1) is 21.0. The molecule has 10 nitrogen and oxygen atoms in total. The highest BCUT2D eigenvalue weighted by Crippen LogP contribution is 2.36. The van der Waals surface area contributed by atoms with Crippen LogP contribution in [0.1, 0.15) is 5.56 Å². The van der Waals surface area contributed by atoms with Crippen molar-refractivity contribution >= 4 is 51.2 Å². The Labute approximate surface area is 178 Å². The molecule has 2 aromatic rings. The maximum Gasteiger partial charge on any atom is 0.335 e. The van der Waals surface area contributed by atoms with Crippen LogP contribution in [0.15, 0.2) is 46.4 Å². The Balaban J connectivity index is 2.11. The number of nitro benzene ring substituents is 1. The topological polar surface area (TPSA) is 128 Å². The van der Waals surface area contributed by atoms with Crippen LogP contribution in [0.4, 0.5) is 16.2 Å². The van der Waals surface area contributed by atoms with Gasteiger partial charge in [-0.1, -0.05) is 15.9 Å². The highest BCUT2D eigenvalue weighted by molar-refractivity contribution is 9.10. The molecule has 1 heterocycles. The lowest BCUT2D eigenvalue weighted by Crippen LogP contribution is -2.54. The number of barbiturate groups is 1. The summed E-state index contributed by atoms with van der Waals surface area (Å²) < 4.78 is 10.9. The van der Waals surface area contributed by atoms with E-state index in [0.717, 1.165) is 21.5 Å². The molecule has 1 fully saturated rings. The summed E-state index contributed by atoms with van der Waals surface area (Å²) in [6.45, 7) is 0. The Morgan fingerprint density at radius 3 is 2.27 bits per heavy atom.